The van der Waals surface area contributed by atoms with Gasteiger partial charge in [0.25, 0.3) is 11.7 Å². The van der Waals surface area contributed by atoms with Crippen LogP contribution in [0.25, 0.3) is 5.76 Å². The van der Waals surface area contributed by atoms with E-state index in [0.29, 0.717) is 28.5 Å². The number of halogens is 1. The molecule has 3 aromatic rings. The molecule has 1 atom stereocenters. The molecule has 0 aliphatic carbocycles. The summed E-state index contributed by atoms with van der Waals surface area (Å²) >= 11 is 6.38. The van der Waals surface area contributed by atoms with E-state index in [1.54, 1.807) is 30.3 Å². The molecule has 0 bridgehead atoms. The Morgan fingerprint density at radius 1 is 0.889 bits per heavy atom. The standard InChI is InChI=1S/C28H26ClNO6/c1-5-16-6-8-17(9-7-16)25-24(26(31)22-15-19(34-2)10-11-23(22)29)27(32)28(33)30(25)18-12-20(35-3)14-21(13-18)36-4/h6-15,25,31H,5H2,1-4H3/b26-24+. The zero-order valence-electron chi connectivity index (χ0n) is 20.4. The van der Waals surface area contributed by atoms with E-state index in [4.69, 9.17) is 25.8 Å². The molecule has 0 spiro atoms. The van der Waals surface area contributed by atoms with Gasteiger partial charge in [-0.25, -0.2) is 0 Å². The average molecular weight is 508 g/mol. The van der Waals surface area contributed by atoms with Gasteiger partial charge in [-0.05, 0) is 35.7 Å². The fourth-order valence-corrected chi connectivity index (χ4v) is 4.45. The summed E-state index contributed by atoms with van der Waals surface area (Å²) in [6, 6.07) is 16.3. The van der Waals surface area contributed by atoms with Crippen LogP contribution in [0, 0.1) is 0 Å². The van der Waals surface area contributed by atoms with E-state index >= 15 is 0 Å². The molecule has 7 nitrogen and oxygen atoms in total. The van der Waals surface area contributed by atoms with Gasteiger partial charge in [0.15, 0.2) is 0 Å². The predicted molar refractivity (Wildman–Crippen MR) is 138 cm³/mol. The summed E-state index contributed by atoms with van der Waals surface area (Å²) in [5.41, 5.74) is 2.23. The van der Waals surface area contributed by atoms with Crippen molar-refractivity contribution >= 4 is 34.7 Å². The molecule has 4 rings (SSSR count). The number of methoxy groups -OCH3 is 3. The molecule has 1 fully saturated rings. The first-order chi connectivity index (χ1) is 17.3. The molecular weight excluding hydrogens is 482 g/mol. The fraction of sp³-hybridized carbons (Fsp3) is 0.214. The van der Waals surface area contributed by atoms with Gasteiger partial charge in [0.05, 0.1) is 43.7 Å². The minimum absolute atomic E-state index is 0.0822. The molecule has 186 valence electrons. The molecule has 0 radical (unpaired) electrons. The molecule has 0 aromatic heterocycles. The van der Waals surface area contributed by atoms with Crippen molar-refractivity contribution in [1.82, 2.24) is 0 Å². The lowest BCUT2D eigenvalue weighted by molar-refractivity contribution is -0.132. The van der Waals surface area contributed by atoms with Crippen LogP contribution in [0.5, 0.6) is 17.2 Å². The van der Waals surface area contributed by atoms with Crippen LogP contribution in [0.2, 0.25) is 5.02 Å². The number of rotatable bonds is 7. The number of aryl methyl sites for hydroxylation is 1. The van der Waals surface area contributed by atoms with Crippen molar-refractivity contribution in [3.8, 4) is 17.2 Å². The molecule has 1 heterocycles. The third-order valence-corrected chi connectivity index (χ3v) is 6.52. The normalized spacial score (nSPS) is 16.8. The second-order valence-electron chi connectivity index (χ2n) is 8.18. The second-order valence-corrected chi connectivity index (χ2v) is 8.59. The molecule has 3 aromatic carbocycles. The topological polar surface area (TPSA) is 85.3 Å². The number of amides is 1. The summed E-state index contributed by atoms with van der Waals surface area (Å²) in [5, 5.41) is 11.6. The van der Waals surface area contributed by atoms with Crippen molar-refractivity contribution in [3.63, 3.8) is 0 Å². The van der Waals surface area contributed by atoms with Crippen LogP contribution in [-0.2, 0) is 16.0 Å². The molecule has 0 saturated carbocycles. The Morgan fingerprint density at radius 3 is 2.06 bits per heavy atom. The molecule has 1 saturated heterocycles. The van der Waals surface area contributed by atoms with Gasteiger partial charge in [0.2, 0.25) is 0 Å². The number of hydrogen-bond acceptors (Lipinski definition) is 6. The van der Waals surface area contributed by atoms with Crippen LogP contribution in [0.15, 0.2) is 66.2 Å². The maximum absolute atomic E-state index is 13.5. The van der Waals surface area contributed by atoms with E-state index in [2.05, 4.69) is 0 Å². The number of aliphatic hydroxyl groups is 1. The van der Waals surface area contributed by atoms with E-state index < -0.39 is 17.7 Å². The van der Waals surface area contributed by atoms with E-state index in [1.807, 2.05) is 31.2 Å². The van der Waals surface area contributed by atoms with E-state index in [0.717, 1.165) is 12.0 Å². The molecule has 1 unspecified atom stereocenters. The van der Waals surface area contributed by atoms with Gasteiger partial charge >= 0.3 is 0 Å². The van der Waals surface area contributed by atoms with Crippen LogP contribution in [0.1, 0.15) is 29.7 Å². The van der Waals surface area contributed by atoms with E-state index in [-0.39, 0.29) is 21.9 Å². The summed E-state index contributed by atoms with van der Waals surface area (Å²) in [6.45, 7) is 2.04. The Balaban J connectivity index is 1.98. The largest absolute Gasteiger partial charge is 0.507 e. The molecule has 1 aliphatic rings. The Morgan fingerprint density at radius 2 is 1.50 bits per heavy atom. The van der Waals surface area contributed by atoms with Crippen LogP contribution in [0.3, 0.4) is 0 Å². The first-order valence-electron chi connectivity index (χ1n) is 11.3. The van der Waals surface area contributed by atoms with Crippen molar-refractivity contribution in [2.24, 2.45) is 0 Å². The number of hydrogen-bond donors (Lipinski definition) is 1. The number of Topliss-reactive ketones (excluding diaryl/α,β-unsaturated/α-hetero) is 1. The lowest BCUT2D eigenvalue weighted by atomic mass is 9.94. The number of benzene rings is 3. The predicted octanol–water partition coefficient (Wildman–Crippen LogP) is 5.55. The van der Waals surface area contributed by atoms with E-state index in [1.165, 1.54) is 32.3 Å². The number of carbonyl (C=O) groups excluding carboxylic acids is 2. The third-order valence-electron chi connectivity index (χ3n) is 6.19. The molecule has 1 aliphatic heterocycles. The van der Waals surface area contributed by atoms with E-state index in [9.17, 15) is 14.7 Å². The number of anilines is 1. The highest BCUT2D eigenvalue weighted by atomic mass is 35.5. The lowest BCUT2D eigenvalue weighted by Crippen LogP contribution is -2.29. The number of ether oxygens (including phenoxy) is 3. The minimum atomic E-state index is -0.921. The Labute approximate surface area is 214 Å². The molecule has 36 heavy (non-hydrogen) atoms. The summed E-state index contributed by atoms with van der Waals surface area (Å²) in [7, 11) is 4.48. The minimum Gasteiger partial charge on any atom is -0.507 e. The van der Waals surface area contributed by atoms with Gasteiger partial charge in [0.1, 0.15) is 23.0 Å². The van der Waals surface area contributed by atoms with Gasteiger partial charge in [0, 0.05) is 23.8 Å². The average Bonchev–Trinajstić information content (AvgIpc) is 3.18. The highest BCUT2D eigenvalue weighted by molar-refractivity contribution is 6.52. The van der Waals surface area contributed by atoms with Crippen LogP contribution in [0.4, 0.5) is 5.69 Å². The Hall–Kier alpha value is -3.97. The Bertz CT molecular complexity index is 1330. The monoisotopic (exact) mass is 507 g/mol. The highest BCUT2D eigenvalue weighted by Gasteiger charge is 2.47. The van der Waals surface area contributed by atoms with Gasteiger partial charge in [-0.1, -0.05) is 42.8 Å². The first kappa shape index (κ1) is 25.1. The number of carbonyl (C=O) groups is 2. The number of nitrogens with zero attached hydrogens (tertiary/aromatic N) is 1. The quantitative estimate of drug-likeness (QED) is 0.256. The first-order valence-corrected chi connectivity index (χ1v) is 11.7. The zero-order chi connectivity index (χ0) is 26.0. The second kappa shape index (κ2) is 10.3. The summed E-state index contributed by atoms with van der Waals surface area (Å²) in [4.78, 5) is 28.2. The van der Waals surface area contributed by atoms with Crippen LogP contribution in [-0.4, -0.2) is 38.1 Å². The Kier molecular flexibility index (Phi) is 7.22. The molecule has 1 amide bonds. The van der Waals surface area contributed by atoms with Crippen molar-refractivity contribution in [3.05, 3.63) is 87.9 Å². The highest BCUT2D eigenvalue weighted by Crippen LogP contribution is 2.45. The van der Waals surface area contributed by atoms with Crippen molar-refractivity contribution in [2.45, 2.75) is 19.4 Å². The van der Waals surface area contributed by atoms with Gasteiger partial charge < -0.3 is 19.3 Å². The van der Waals surface area contributed by atoms with Gasteiger partial charge in [-0.2, -0.15) is 0 Å². The fourth-order valence-electron chi connectivity index (χ4n) is 4.24. The number of ketones is 1. The maximum Gasteiger partial charge on any atom is 0.300 e. The smallest absolute Gasteiger partial charge is 0.300 e. The van der Waals surface area contributed by atoms with Crippen molar-refractivity contribution in [1.29, 1.82) is 0 Å². The molecular formula is C28H26ClNO6. The summed E-state index contributed by atoms with van der Waals surface area (Å²) in [6.07, 6.45) is 0.826. The van der Waals surface area contributed by atoms with Crippen molar-refractivity contribution < 1.29 is 28.9 Å². The maximum atomic E-state index is 13.5. The summed E-state index contributed by atoms with van der Waals surface area (Å²) in [5.74, 6) is -0.687. The summed E-state index contributed by atoms with van der Waals surface area (Å²) < 4.78 is 16.0. The zero-order valence-corrected chi connectivity index (χ0v) is 21.1. The van der Waals surface area contributed by atoms with Crippen molar-refractivity contribution in [2.75, 3.05) is 26.2 Å². The van der Waals surface area contributed by atoms with Gasteiger partial charge in [-0.3, -0.25) is 14.5 Å². The van der Waals surface area contributed by atoms with Crippen LogP contribution >= 0.6 is 11.6 Å². The molecule has 1 N–H and O–H groups in total. The van der Waals surface area contributed by atoms with Crippen LogP contribution < -0.4 is 19.1 Å². The lowest BCUT2D eigenvalue weighted by Gasteiger charge is -2.26. The number of aliphatic hydroxyl groups excluding tert-OH is 1. The third kappa shape index (κ3) is 4.50. The van der Waals surface area contributed by atoms with Gasteiger partial charge in [-0.15, -0.1) is 0 Å². The molecule has 8 heteroatoms. The SMILES string of the molecule is CCc1ccc(C2/C(=C(\O)c3cc(OC)ccc3Cl)C(=O)C(=O)N2c2cc(OC)cc(OC)c2)cc1.